The second-order valence-electron chi connectivity index (χ2n) is 5.13. The first-order valence-corrected chi connectivity index (χ1v) is 7.60. The Kier molecular flexibility index (Phi) is 4.76. The molecule has 8 nitrogen and oxygen atoms in total. The van der Waals surface area contributed by atoms with E-state index in [9.17, 15) is 4.79 Å². The van der Waals surface area contributed by atoms with E-state index >= 15 is 0 Å². The van der Waals surface area contributed by atoms with Gasteiger partial charge in [-0.25, -0.2) is 4.98 Å². The van der Waals surface area contributed by atoms with Crippen LogP contribution in [0.25, 0.3) is 11.4 Å². The minimum atomic E-state index is -0.180. The van der Waals surface area contributed by atoms with Gasteiger partial charge in [-0.2, -0.15) is 15.2 Å². The molecule has 0 bridgehead atoms. The molecule has 0 atom stereocenters. The first-order valence-electron chi connectivity index (χ1n) is 7.22. The summed E-state index contributed by atoms with van der Waals surface area (Å²) < 4.78 is 0. The molecule has 0 fully saturated rings. The van der Waals surface area contributed by atoms with Gasteiger partial charge in [0.2, 0.25) is 11.9 Å². The lowest BCUT2D eigenvalue weighted by Crippen LogP contribution is -2.13. The van der Waals surface area contributed by atoms with Crippen LogP contribution in [0.5, 0.6) is 0 Å². The minimum Gasteiger partial charge on any atom is -0.293 e. The van der Waals surface area contributed by atoms with E-state index in [2.05, 4.69) is 35.7 Å². The van der Waals surface area contributed by atoms with E-state index in [-0.39, 0.29) is 11.9 Å². The van der Waals surface area contributed by atoms with Crippen molar-refractivity contribution < 1.29 is 4.79 Å². The summed E-state index contributed by atoms with van der Waals surface area (Å²) in [6.07, 6.45) is 5.73. The normalized spacial score (nSPS) is 10.6. The Bertz CT molecular complexity index is 847. The summed E-state index contributed by atoms with van der Waals surface area (Å²) in [6.45, 7) is 1.89. The van der Waals surface area contributed by atoms with Crippen LogP contribution in [0.1, 0.15) is 17.5 Å². The lowest BCUT2D eigenvalue weighted by Gasteiger charge is -2.01. The zero-order valence-corrected chi connectivity index (χ0v) is 13.6. The number of anilines is 1. The molecule has 2 N–H and O–H groups in total. The monoisotopic (exact) mass is 343 g/mol. The summed E-state index contributed by atoms with van der Waals surface area (Å²) >= 11 is 5.73. The lowest BCUT2D eigenvalue weighted by molar-refractivity contribution is -0.116. The van der Waals surface area contributed by atoms with Gasteiger partial charge in [-0.05, 0) is 30.5 Å². The van der Waals surface area contributed by atoms with Gasteiger partial charge in [-0.15, -0.1) is 5.10 Å². The lowest BCUT2D eigenvalue weighted by atomic mass is 10.1. The number of amides is 1. The van der Waals surface area contributed by atoms with Gasteiger partial charge in [-0.3, -0.25) is 15.2 Å². The highest BCUT2D eigenvalue weighted by molar-refractivity contribution is 6.29. The van der Waals surface area contributed by atoms with E-state index in [1.54, 1.807) is 24.7 Å². The number of aromatic amines is 1. The van der Waals surface area contributed by atoms with Crippen molar-refractivity contribution in [3.05, 3.63) is 47.0 Å². The van der Waals surface area contributed by atoms with E-state index in [1.165, 1.54) is 0 Å². The van der Waals surface area contributed by atoms with Crippen LogP contribution >= 0.6 is 11.6 Å². The summed E-state index contributed by atoms with van der Waals surface area (Å²) in [5.74, 6) is 0.570. The van der Waals surface area contributed by atoms with Crippen LogP contribution in [0.4, 0.5) is 5.95 Å². The van der Waals surface area contributed by atoms with Crippen LogP contribution in [0.2, 0.25) is 5.15 Å². The Hall–Kier alpha value is -2.87. The summed E-state index contributed by atoms with van der Waals surface area (Å²) in [5, 5.41) is 17.5. The maximum atomic E-state index is 12.0. The number of halogens is 1. The van der Waals surface area contributed by atoms with Crippen LogP contribution < -0.4 is 5.32 Å². The number of hydrogen-bond acceptors (Lipinski definition) is 6. The van der Waals surface area contributed by atoms with Crippen molar-refractivity contribution in [3.63, 3.8) is 0 Å². The molecule has 0 unspecified atom stereocenters. The number of hydrogen-bond donors (Lipinski definition) is 2. The Morgan fingerprint density at radius 2 is 2.08 bits per heavy atom. The van der Waals surface area contributed by atoms with Crippen LogP contribution in [0.3, 0.4) is 0 Å². The van der Waals surface area contributed by atoms with Crippen molar-refractivity contribution >= 4 is 23.5 Å². The third kappa shape index (κ3) is 3.90. The molecule has 24 heavy (non-hydrogen) atoms. The van der Waals surface area contributed by atoms with Crippen molar-refractivity contribution in [1.29, 1.82) is 0 Å². The van der Waals surface area contributed by atoms with Gasteiger partial charge in [0.25, 0.3) is 0 Å². The van der Waals surface area contributed by atoms with Gasteiger partial charge in [0, 0.05) is 18.2 Å². The van der Waals surface area contributed by atoms with Crippen molar-refractivity contribution in [2.75, 3.05) is 5.32 Å². The summed E-state index contributed by atoms with van der Waals surface area (Å²) in [7, 11) is 0. The molecule has 3 aromatic heterocycles. The molecule has 0 radical (unpaired) electrons. The minimum absolute atomic E-state index is 0.180. The van der Waals surface area contributed by atoms with E-state index in [0.717, 1.165) is 16.7 Å². The van der Waals surface area contributed by atoms with Gasteiger partial charge in [0.1, 0.15) is 5.15 Å². The molecule has 122 valence electrons. The van der Waals surface area contributed by atoms with E-state index in [0.29, 0.717) is 23.8 Å². The van der Waals surface area contributed by atoms with Crippen molar-refractivity contribution in [3.8, 4) is 11.4 Å². The smallest absolute Gasteiger partial charge is 0.249 e. The highest BCUT2D eigenvalue weighted by Gasteiger charge is 2.11. The molecule has 3 rings (SSSR count). The fourth-order valence-corrected chi connectivity index (χ4v) is 2.18. The third-order valence-corrected chi connectivity index (χ3v) is 3.57. The Balaban J connectivity index is 1.59. The Morgan fingerprint density at radius 3 is 2.83 bits per heavy atom. The summed E-state index contributed by atoms with van der Waals surface area (Å²) in [4.78, 5) is 20.2. The number of carbonyl (C=O) groups excluding carboxylic acids is 1. The standard InChI is InChI=1S/C15H14ClN7O/c1-9-6-18-19-8-11(9)14-21-15(23-22-14)20-13(24)5-3-10-2-4-12(16)17-7-10/h2,4,6-8H,3,5H2,1H3,(H2,20,21,22,23,24). The molecule has 3 heterocycles. The maximum Gasteiger partial charge on any atom is 0.249 e. The molecule has 0 saturated heterocycles. The van der Waals surface area contributed by atoms with E-state index < -0.39 is 0 Å². The summed E-state index contributed by atoms with van der Waals surface area (Å²) in [5.41, 5.74) is 2.63. The van der Waals surface area contributed by atoms with Gasteiger partial charge in [-0.1, -0.05) is 17.7 Å². The number of aromatic nitrogens is 6. The molecular formula is C15H14ClN7O. The topological polar surface area (TPSA) is 109 Å². The molecule has 9 heteroatoms. The van der Waals surface area contributed by atoms with Crippen molar-refractivity contribution in [1.82, 2.24) is 30.4 Å². The SMILES string of the molecule is Cc1cnncc1-c1nc(NC(=O)CCc2ccc(Cl)nc2)n[nH]1. The predicted octanol–water partition coefficient (Wildman–Crippen LogP) is 2.19. The molecule has 1 amide bonds. The number of carbonyl (C=O) groups is 1. The number of H-pyrrole nitrogens is 1. The predicted molar refractivity (Wildman–Crippen MR) is 88.3 cm³/mol. The van der Waals surface area contributed by atoms with Gasteiger partial charge >= 0.3 is 0 Å². The molecule has 3 aromatic rings. The van der Waals surface area contributed by atoms with Crippen molar-refractivity contribution in [2.45, 2.75) is 19.8 Å². The number of nitrogens with one attached hydrogen (secondary N) is 2. The fraction of sp³-hybridized carbons (Fsp3) is 0.200. The molecule has 0 aliphatic carbocycles. The van der Waals surface area contributed by atoms with Crippen LogP contribution in [-0.4, -0.2) is 36.3 Å². The van der Waals surface area contributed by atoms with Gasteiger partial charge in [0.05, 0.1) is 12.4 Å². The number of pyridine rings is 1. The second kappa shape index (κ2) is 7.14. The average molecular weight is 344 g/mol. The first-order chi connectivity index (χ1) is 11.6. The second-order valence-corrected chi connectivity index (χ2v) is 5.52. The zero-order chi connectivity index (χ0) is 16.9. The van der Waals surface area contributed by atoms with E-state index in [1.807, 2.05) is 13.0 Å². The van der Waals surface area contributed by atoms with E-state index in [4.69, 9.17) is 11.6 Å². The third-order valence-electron chi connectivity index (χ3n) is 3.35. The van der Waals surface area contributed by atoms with Gasteiger partial charge in [0.15, 0.2) is 5.82 Å². The summed E-state index contributed by atoms with van der Waals surface area (Å²) in [6, 6.07) is 3.54. The Labute approximate surface area is 142 Å². The zero-order valence-electron chi connectivity index (χ0n) is 12.8. The molecule has 0 saturated carbocycles. The molecule has 0 aliphatic rings. The Morgan fingerprint density at radius 1 is 1.25 bits per heavy atom. The van der Waals surface area contributed by atoms with Crippen molar-refractivity contribution in [2.24, 2.45) is 0 Å². The highest BCUT2D eigenvalue weighted by Crippen LogP contribution is 2.18. The molecule has 0 aliphatic heterocycles. The maximum absolute atomic E-state index is 12.0. The average Bonchev–Trinajstić information content (AvgIpc) is 3.03. The molecule has 0 aromatic carbocycles. The number of nitrogens with zero attached hydrogens (tertiary/aromatic N) is 5. The molecular weight excluding hydrogens is 330 g/mol. The molecule has 0 spiro atoms. The number of rotatable bonds is 5. The quantitative estimate of drug-likeness (QED) is 0.687. The highest BCUT2D eigenvalue weighted by atomic mass is 35.5. The largest absolute Gasteiger partial charge is 0.293 e. The van der Waals surface area contributed by atoms with Gasteiger partial charge < -0.3 is 0 Å². The van der Waals surface area contributed by atoms with Crippen LogP contribution in [0.15, 0.2) is 30.7 Å². The van der Waals surface area contributed by atoms with Crippen LogP contribution in [-0.2, 0) is 11.2 Å². The number of aryl methyl sites for hydroxylation is 2. The first kappa shape index (κ1) is 16.0. The van der Waals surface area contributed by atoms with Crippen LogP contribution in [0, 0.1) is 6.92 Å². The fourth-order valence-electron chi connectivity index (χ4n) is 2.07.